The summed E-state index contributed by atoms with van der Waals surface area (Å²) < 4.78 is 28.0. The summed E-state index contributed by atoms with van der Waals surface area (Å²) in [4.78, 5) is 4.75. The Balaban J connectivity index is 1.72. The number of imidazole rings is 1. The highest BCUT2D eigenvalue weighted by Crippen LogP contribution is 2.18. The number of fused-ring (bicyclic) bond motifs is 1. The summed E-state index contributed by atoms with van der Waals surface area (Å²) in [5.74, 6) is 1.15. The fraction of sp³-hybridized carbons (Fsp3) is 0.316. The van der Waals surface area contributed by atoms with Crippen LogP contribution in [0.3, 0.4) is 0 Å². The van der Waals surface area contributed by atoms with Gasteiger partial charge in [0.2, 0.25) is 10.0 Å². The van der Waals surface area contributed by atoms with E-state index in [1.807, 2.05) is 42.5 Å². The number of anilines is 1. The molecular formula is C19H23N3O2S. The Kier molecular flexibility index (Phi) is 5.08. The molecule has 25 heavy (non-hydrogen) atoms. The Labute approximate surface area is 148 Å². The molecular weight excluding hydrogens is 334 g/mol. The molecule has 0 radical (unpaired) electrons. The molecule has 0 bridgehead atoms. The van der Waals surface area contributed by atoms with Crippen LogP contribution in [0.25, 0.3) is 11.0 Å². The zero-order chi connectivity index (χ0) is 17.9. The molecule has 0 spiro atoms. The van der Waals surface area contributed by atoms with Crippen molar-refractivity contribution in [2.24, 2.45) is 0 Å². The number of nitrogens with zero attached hydrogens (tertiary/aromatic N) is 2. The van der Waals surface area contributed by atoms with Crippen molar-refractivity contribution in [3.05, 3.63) is 59.9 Å². The molecule has 3 aromatic rings. The topological polar surface area (TPSA) is 64.0 Å². The van der Waals surface area contributed by atoms with Gasteiger partial charge in [-0.25, -0.2) is 13.4 Å². The summed E-state index contributed by atoms with van der Waals surface area (Å²) >= 11 is 0. The van der Waals surface area contributed by atoms with Crippen LogP contribution < -0.4 is 4.72 Å². The van der Waals surface area contributed by atoms with Crippen molar-refractivity contribution in [1.82, 2.24) is 9.55 Å². The second-order valence-corrected chi connectivity index (χ2v) is 7.97. The highest BCUT2D eigenvalue weighted by atomic mass is 32.2. The van der Waals surface area contributed by atoms with Gasteiger partial charge in [0.1, 0.15) is 5.82 Å². The van der Waals surface area contributed by atoms with E-state index in [4.69, 9.17) is 4.98 Å². The van der Waals surface area contributed by atoms with Gasteiger partial charge in [-0.3, -0.25) is 4.72 Å². The van der Waals surface area contributed by atoms with E-state index in [0.29, 0.717) is 5.69 Å². The average molecular weight is 357 g/mol. The third kappa shape index (κ3) is 4.02. The number of aryl methyl sites for hydroxylation is 3. The van der Waals surface area contributed by atoms with Gasteiger partial charge in [-0.05, 0) is 50.1 Å². The van der Waals surface area contributed by atoms with Gasteiger partial charge in [-0.2, -0.15) is 0 Å². The van der Waals surface area contributed by atoms with E-state index < -0.39 is 10.0 Å². The first-order valence-corrected chi connectivity index (χ1v) is 10.2. The molecule has 5 nitrogen and oxygen atoms in total. The Morgan fingerprint density at radius 3 is 2.40 bits per heavy atom. The van der Waals surface area contributed by atoms with Crippen molar-refractivity contribution in [2.45, 2.75) is 33.2 Å². The lowest BCUT2D eigenvalue weighted by Crippen LogP contribution is -2.14. The van der Waals surface area contributed by atoms with E-state index in [1.165, 1.54) is 5.52 Å². The first-order chi connectivity index (χ1) is 12.0. The number of sulfonamides is 1. The maximum Gasteiger partial charge on any atom is 0.232 e. The Bertz CT molecular complexity index is 960. The van der Waals surface area contributed by atoms with E-state index >= 15 is 0 Å². The van der Waals surface area contributed by atoms with Gasteiger partial charge in [-0.15, -0.1) is 0 Å². The van der Waals surface area contributed by atoms with Crippen molar-refractivity contribution in [1.29, 1.82) is 0 Å². The van der Waals surface area contributed by atoms with Gasteiger partial charge in [0.05, 0.1) is 16.8 Å². The van der Waals surface area contributed by atoms with Gasteiger partial charge in [-0.1, -0.05) is 24.3 Å². The van der Waals surface area contributed by atoms with Crippen molar-refractivity contribution < 1.29 is 8.42 Å². The lowest BCUT2D eigenvalue weighted by atomic mass is 10.1. The van der Waals surface area contributed by atoms with Crippen LogP contribution in [0.2, 0.25) is 0 Å². The van der Waals surface area contributed by atoms with Crippen LogP contribution in [0.15, 0.2) is 48.5 Å². The van der Waals surface area contributed by atoms with Crippen LogP contribution in [-0.4, -0.2) is 23.7 Å². The van der Waals surface area contributed by atoms with Gasteiger partial charge in [0.25, 0.3) is 0 Å². The maximum atomic E-state index is 11.6. The molecule has 1 N–H and O–H groups in total. The number of hydrogen-bond acceptors (Lipinski definition) is 3. The van der Waals surface area contributed by atoms with Crippen LogP contribution in [0.1, 0.15) is 25.2 Å². The van der Waals surface area contributed by atoms with Gasteiger partial charge in [0.15, 0.2) is 0 Å². The monoisotopic (exact) mass is 357 g/mol. The van der Waals surface area contributed by atoms with Gasteiger partial charge < -0.3 is 4.57 Å². The summed E-state index contributed by atoms with van der Waals surface area (Å²) in [5, 5.41) is 0. The average Bonchev–Trinajstić information content (AvgIpc) is 2.98. The minimum Gasteiger partial charge on any atom is -0.328 e. The molecule has 0 aliphatic rings. The Morgan fingerprint density at radius 2 is 1.72 bits per heavy atom. The fourth-order valence-electron chi connectivity index (χ4n) is 2.92. The molecule has 0 amide bonds. The second-order valence-electron chi connectivity index (χ2n) is 5.96. The van der Waals surface area contributed by atoms with Crippen LogP contribution in [-0.2, 0) is 29.4 Å². The first-order valence-electron chi connectivity index (χ1n) is 8.56. The largest absolute Gasteiger partial charge is 0.328 e. The molecule has 0 unspecified atom stereocenters. The molecule has 3 rings (SSSR count). The van der Waals surface area contributed by atoms with Crippen molar-refractivity contribution in [3.8, 4) is 0 Å². The van der Waals surface area contributed by atoms with Crippen LogP contribution in [0.4, 0.5) is 5.69 Å². The first kappa shape index (κ1) is 17.5. The van der Waals surface area contributed by atoms with E-state index in [2.05, 4.69) is 22.3 Å². The molecule has 6 heteroatoms. The molecule has 0 saturated carbocycles. The van der Waals surface area contributed by atoms with E-state index in [-0.39, 0.29) is 5.75 Å². The minimum atomic E-state index is -3.23. The Hall–Kier alpha value is -2.34. The lowest BCUT2D eigenvalue weighted by molar-refractivity contribution is 0.602. The number of para-hydroxylation sites is 2. The third-order valence-corrected chi connectivity index (χ3v) is 5.60. The molecule has 0 saturated heterocycles. The number of nitrogens with one attached hydrogen (secondary N) is 1. The quantitative estimate of drug-likeness (QED) is 0.703. The molecule has 0 aliphatic heterocycles. The smallest absolute Gasteiger partial charge is 0.232 e. The molecule has 0 atom stereocenters. The molecule has 0 aliphatic carbocycles. The van der Waals surface area contributed by atoms with Crippen LogP contribution in [0, 0.1) is 0 Å². The summed E-state index contributed by atoms with van der Waals surface area (Å²) in [5.41, 5.74) is 3.97. The van der Waals surface area contributed by atoms with Gasteiger partial charge >= 0.3 is 0 Å². The minimum absolute atomic E-state index is 0.0714. The SMILES string of the molecule is CCn1c(CCc2ccc(NS(=O)(=O)CC)cc2)nc2ccccc21. The molecule has 1 heterocycles. The second kappa shape index (κ2) is 7.27. The highest BCUT2D eigenvalue weighted by Gasteiger charge is 2.10. The van der Waals surface area contributed by atoms with E-state index in [9.17, 15) is 8.42 Å². The fourth-order valence-corrected chi connectivity index (χ4v) is 3.56. The van der Waals surface area contributed by atoms with Crippen molar-refractivity contribution in [3.63, 3.8) is 0 Å². The lowest BCUT2D eigenvalue weighted by Gasteiger charge is -2.08. The molecule has 2 aromatic carbocycles. The number of aromatic nitrogens is 2. The zero-order valence-electron chi connectivity index (χ0n) is 14.6. The standard InChI is InChI=1S/C19H23N3O2S/c1-3-22-18-8-6-5-7-17(18)20-19(22)14-11-15-9-12-16(13-10-15)21-25(23,24)4-2/h5-10,12-13,21H,3-4,11,14H2,1-2H3. The normalized spacial score (nSPS) is 11.8. The predicted molar refractivity (Wildman–Crippen MR) is 102 cm³/mol. The van der Waals surface area contributed by atoms with Gasteiger partial charge in [0, 0.05) is 18.7 Å². The van der Waals surface area contributed by atoms with Crippen molar-refractivity contribution in [2.75, 3.05) is 10.5 Å². The third-order valence-electron chi connectivity index (χ3n) is 4.29. The number of rotatable bonds is 7. The summed E-state index contributed by atoms with van der Waals surface area (Å²) in [6.45, 7) is 4.65. The summed E-state index contributed by atoms with van der Waals surface area (Å²) in [6.07, 6.45) is 1.71. The summed E-state index contributed by atoms with van der Waals surface area (Å²) in [7, 11) is -3.23. The predicted octanol–water partition coefficient (Wildman–Crippen LogP) is 3.60. The number of hydrogen-bond donors (Lipinski definition) is 1. The Morgan fingerprint density at radius 1 is 1.00 bits per heavy atom. The molecule has 132 valence electrons. The zero-order valence-corrected chi connectivity index (χ0v) is 15.4. The van der Waals surface area contributed by atoms with Crippen LogP contribution >= 0.6 is 0 Å². The van der Waals surface area contributed by atoms with Crippen molar-refractivity contribution >= 4 is 26.7 Å². The van der Waals surface area contributed by atoms with E-state index in [0.717, 1.165) is 36.3 Å². The summed E-state index contributed by atoms with van der Waals surface area (Å²) in [6, 6.07) is 15.7. The molecule has 1 aromatic heterocycles. The molecule has 0 fully saturated rings. The maximum absolute atomic E-state index is 11.6. The highest BCUT2D eigenvalue weighted by molar-refractivity contribution is 7.92. The number of benzene rings is 2. The van der Waals surface area contributed by atoms with Crippen LogP contribution in [0.5, 0.6) is 0 Å². The van der Waals surface area contributed by atoms with E-state index in [1.54, 1.807) is 6.92 Å².